The van der Waals surface area contributed by atoms with E-state index < -0.39 is 0 Å². The van der Waals surface area contributed by atoms with E-state index in [4.69, 9.17) is 10.5 Å². The van der Waals surface area contributed by atoms with Crippen LogP contribution in [0.5, 0.6) is 5.88 Å². The Kier molecular flexibility index (Phi) is 5.12. The van der Waals surface area contributed by atoms with Crippen molar-refractivity contribution in [1.29, 1.82) is 0 Å². The van der Waals surface area contributed by atoms with E-state index in [1.165, 1.54) is 12.8 Å². The molecule has 0 unspecified atom stereocenters. The molecule has 0 atom stereocenters. The Balaban J connectivity index is 2.72. The van der Waals surface area contributed by atoms with Crippen LogP contribution in [0.2, 0.25) is 0 Å². The summed E-state index contributed by atoms with van der Waals surface area (Å²) in [6.07, 6.45) is 2.40. The van der Waals surface area contributed by atoms with Crippen molar-refractivity contribution in [3.05, 3.63) is 12.1 Å². The molecule has 0 aliphatic heterocycles. The highest BCUT2D eigenvalue weighted by molar-refractivity contribution is 7.99. The van der Waals surface area contributed by atoms with Crippen molar-refractivity contribution in [3.8, 4) is 5.88 Å². The first kappa shape index (κ1) is 14.2. The third kappa shape index (κ3) is 5.31. The van der Waals surface area contributed by atoms with Crippen LogP contribution in [-0.2, 0) is 0 Å². The molecule has 96 valence electrons. The molecule has 4 heteroatoms. The molecule has 0 aliphatic rings. The van der Waals surface area contributed by atoms with Gasteiger partial charge in [0.2, 0.25) is 5.88 Å². The molecule has 17 heavy (non-hydrogen) atoms. The van der Waals surface area contributed by atoms with Crippen molar-refractivity contribution in [1.82, 2.24) is 4.98 Å². The van der Waals surface area contributed by atoms with Crippen molar-refractivity contribution in [2.45, 2.75) is 51.2 Å². The number of ether oxygens (including phenoxy) is 1. The van der Waals surface area contributed by atoms with Crippen LogP contribution in [0.25, 0.3) is 0 Å². The molecule has 0 spiro atoms. The molecule has 1 aromatic heterocycles. The molecule has 0 radical (unpaired) electrons. The maximum Gasteiger partial charge on any atom is 0.238 e. The third-order valence-electron chi connectivity index (χ3n) is 2.01. The summed E-state index contributed by atoms with van der Waals surface area (Å²) in [6, 6.07) is 3.81. The summed E-state index contributed by atoms with van der Waals surface area (Å²) < 4.78 is 5.73. The molecule has 2 N–H and O–H groups in total. The molecule has 0 aliphatic carbocycles. The largest absolute Gasteiger partial charge is 0.470 e. The Morgan fingerprint density at radius 3 is 2.65 bits per heavy atom. The van der Waals surface area contributed by atoms with E-state index in [9.17, 15) is 0 Å². The van der Waals surface area contributed by atoms with Gasteiger partial charge < -0.3 is 10.5 Å². The van der Waals surface area contributed by atoms with E-state index in [2.05, 4.69) is 11.9 Å². The Morgan fingerprint density at radius 2 is 2.06 bits per heavy atom. The van der Waals surface area contributed by atoms with Gasteiger partial charge in [0.05, 0.1) is 5.69 Å². The van der Waals surface area contributed by atoms with Crippen molar-refractivity contribution < 1.29 is 4.74 Å². The monoisotopic (exact) mass is 254 g/mol. The maximum atomic E-state index is 5.85. The summed E-state index contributed by atoms with van der Waals surface area (Å²) in [7, 11) is 0. The lowest BCUT2D eigenvalue weighted by Gasteiger charge is -2.21. The molecular weight excluding hydrogens is 232 g/mol. The first-order chi connectivity index (χ1) is 7.92. The molecule has 0 saturated carbocycles. The molecule has 1 heterocycles. The van der Waals surface area contributed by atoms with Gasteiger partial charge >= 0.3 is 0 Å². The number of nitrogens with zero attached hydrogens (tertiary/aromatic N) is 1. The van der Waals surface area contributed by atoms with Crippen molar-refractivity contribution in [2.75, 3.05) is 11.5 Å². The van der Waals surface area contributed by atoms with Gasteiger partial charge in [-0.25, -0.2) is 4.98 Å². The van der Waals surface area contributed by atoms with Gasteiger partial charge in [-0.3, -0.25) is 0 Å². The van der Waals surface area contributed by atoms with E-state index >= 15 is 0 Å². The number of hydrogen-bond donors (Lipinski definition) is 1. The molecule has 0 aromatic carbocycles. The SMILES string of the molecule is CCCCSc1ccc(N)c(OC(C)(C)C)n1. The normalized spacial score (nSPS) is 11.5. The molecular formula is C13H22N2OS. The highest BCUT2D eigenvalue weighted by Crippen LogP contribution is 2.27. The zero-order chi connectivity index (χ0) is 12.9. The number of thioether (sulfide) groups is 1. The molecule has 0 fully saturated rings. The highest BCUT2D eigenvalue weighted by Gasteiger charge is 2.15. The van der Waals surface area contributed by atoms with Crippen LogP contribution in [0, 0.1) is 0 Å². The quantitative estimate of drug-likeness (QED) is 0.642. The fraction of sp³-hybridized carbons (Fsp3) is 0.615. The van der Waals surface area contributed by atoms with Crippen molar-refractivity contribution in [3.63, 3.8) is 0 Å². The minimum Gasteiger partial charge on any atom is -0.470 e. The second-order valence-corrected chi connectivity index (χ2v) is 6.08. The minimum atomic E-state index is -0.270. The number of anilines is 1. The lowest BCUT2D eigenvalue weighted by molar-refractivity contribution is 0.124. The van der Waals surface area contributed by atoms with Gasteiger partial charge in [-0.1, -0.05) is 13.3 Å². The number of rotatable bonds is 5. The van der Waals surface area contributed by atoms with E-state index in [0.717, 1.165) is 10.8 Å². The Morgan fingerprint density at radius 1 is 1.35 bits per heavy atom. The second kappa shape index (κ2) is 6.15. The first-order valence-electron chi connectivity index (χ1n) is 6.00. The number of aromatic nitrogens is 1. The topological polar surface area (TPSA) is 48.1 Å². The smallest absolute Gasteiger partial charge is 0.238 e. The van der Waals surface area contributed by atoms with Gasteiger partial charge in [0.1, 0.15) is 10.6 Å². The van der Waals surface area contributed by atoms with Crippen LogP contribution in [-0.4, -0.2) is 16.3 Å². The number of hydrogen-bond acceptors (Lipinski definition) is 4. The molecule has 0 amide bonds. The van der Waals surface area contributed by atoms with E-state index in [1.54, 1.807) is 11.8 Å². The zero-order valence-electron chi connectivity index (χ0n) is 11.1. The number of nitrogens with two attached hydrogens (primary N) is 1. The van der Waals surface area contributed by atoms with Crippen LogP contribution in [0.4, 0.5) is 5.69 Å². The summed E-state index contributed by atoms with van der Waals surface area (Å²) in [6.45, 7) is 8.16. The van der Waals surface area contributed by atoms with Gasteiger partial charge in [0, 0.05) is 0 Å². The number of nitrogen functional groups attached to an aromatic ring is 1. The van der Waals surface area contributed by atoms with Gasteiger partial charge in [-0.05, 0) is 45.1 Å². The predicted octanol–water partition coefficient (Wildman–Crippen LogP) is 3.73. The molecule has 0 saturated heterocycles. The van der Waals surface area contributed by atoms with Crippen molar-refractivity contribution >= 4 is 17.4 Å². The predicted molar refractivity (Wildman–Crippen MR) is 74.7 cm³/mol. The van der Waals surface area contributed by atoms with E-state index in [0.29, 0.717) is 11.6 Å². The van der Waals surface area contributed by atoms with Crippen LogP contribution in [0.1, 0.15) is 40.5 Å². The number of pyridine rings is 1. The third-order valence-corrected chi connectivity index (χ3v) is 3.03. The molecule has 3 nitrogen and oxygen atoms in total. The van der Waals surface area contributed by atoms with Crippen LogP contribution in [0.15, 0.2) is 17.2 Å². The lowest BCUT2D eigenvalue weighted by Crippen LogP contribution is -2.24. The van der Waals surface area contributed by atoms with Crippen LogP contribution in [0.3, 0.4) is 0 Å². The van der Waals surface area contributed by atoms with E-state index in [-0.39, 0.29) is 5.60 Å². The summed E-state index contributed by atoms with van der Waals surface area (Å²) in [4.78, 5) is 4.45. The Bertz CT molecular complexity index is 361. The number of unbranched alkanes of at least 4 members (excludes halogenated alkanes) is 1. The van der Waals surface area contributed by atoms with Gasteiger partial charge in [-0.2, -0.15) is 0 Å². The average Bonchev–Trinajstić information content (AvgIpc) is 2.21. The summed E-state index contributed by atoms with van der Waals surface area (Å²) in [5.74, 6) is 1.63. The van der Waals surface area contributed by atoms with Crippen LogP contribution < -0.4 is 10.5 Å². The van der Waals surface area contributed by atoms with Gasteiger partial charge in [-0.15, -0.1) is 11.8 Å². The first-order valence-corrected chi connectivity index (χ1v) is 6.99. The second-order valence-electron chi connectivity index (χ2n) is 4.96. The zero-order valence-corrected chi connectivity index (χ0v) is 11.9. The fourth-order valence-corrected chi connectivity index (χ4v) is 2.16. The van der Waals surface area contributed by atoms with E-state index in [1.807, 2.05) is 32.9 Å². The Labute approximate surface area is 108 Å². The molecule has 1 aromatic rings. The summed E-state index contributed by atoms with van der Waals surface area (Å²) in [5.41, 5.74) is 6.18. The fourth-order valence-electron chi connectivity index (χ4n) is 1.21. The lowest BCUT2D eigenvalue weighted by atomic mass is 10.2. The molecule has 0 bridgehead atoms. The maximum absolute atomic E-state index is 5.85. The minimum absolute atomic E-state index is 0.270. The van der Waals surface area contributed by atoms with Gasteiger partial charge in [0.25, 0.3) is 0 Å². The Hall–Kier alpha value is -0.900. The van der Waals surface area contributed by atoms with Gasteiger partial charge in [0.15, 0.2) is 0 Å². The average molecular weight is 254 g/mol. The highest BCUT2D eigenvalue weighted by atomic mass is 32.2. The van der Waals surface area contributed by atoms with Crippen molar-refractivity contribution in [2.24, 2.45) is 0 Å². The standard InChI is InChI=1S/C13H22N2OS/c1-5-6-9-17-11-8-7-10(14)12(15-11)16-13(2,3)4/h7-8H,5-6,9,14H2,1-4H3. The van der Waals surface area contributed by atoms with Crippen LogP contribution >= 0.6 is 11.8 Å². The molecule has 1 rings (SSSR count). The summed E-state index contributed by atoms with van der Waals surface area (Å²) >= 11 is 1.75. The summed E-state index contributed by atoms with van der Waals surface area (Å²) in [5, 5.41) is 0.979.